The molecular weight excluding hydrogens is 340 g/mol. The summed E-state index contributed by atoms with van der Waals surface area (Å²) in [5.74, 6) is 0.834. The molecule has 0 aromatic heterocycles. The summed E-state index contributed by atoms with van der Waals surface area (Å²) in [4.78, 5) is 26.8. The smallest absolute Gasteiger partial charge is 0.253 e. The fourth-order valence-electron chi connectivity index (χ4n) is 3.38. The van der Waals surface area contributed by atoms with E-state index in [0.29, 0.717) is 38.0 Å². The van der Waals surface area contributed by atoms with E-state index in [9.17, 15) is 9.59 Å². The second kappa shape index (κ2) is 9.21. The normalized spacial score (nSPS) is 14.6. The van der Waals surface area contributed by atoms with Crippen LogP contribution in [0.15, 0.2) is 54.6 Å². The molecular formula is C22H26N2O3. The highest BCUT2D eigenvalue weighted by Gasteiger charge is 2.27. The number of rotatable bonds is 6. The molecule has 1 N–H and O–H groups in total. The van der Waals surface area contributed by atoms with Gasteiger partial charge in [-0.05, 0) is 49.1 Å². The minimum Gasteiger partial charge on any atom is -0.497 e. The Morgan fingerprint density at radius 3 is 2.33 bits per heavy atom. The van der Waals surface area contributed by atoms with Crippen LogP contribution < -0.4 is 10.1 Å². The maximum Gasteiger partial charge on any atom is 0.253 e. The third-order valence-electron chi connectivity index (χ3n) is 5.05. The predicted molar refractivity (Wildman–Crippen MR) is 105 cm³/mol. The Bertz CT molecular complexity index is 751. The van der Waals surface area contributed by atoms with Crippen molar-refractivity contribution in [1.29, 1.82) is 0 Å². The highest BCUT2D eigenvalue weighted by Crippen LogP contribution is 2.20. The van der Waals surface area contributed by atoms with Crippen LogP contribution in [0.1, 0.15) is 28.8 Å². The molecule has 3 rings (SSSR count). The molecule has 1 aliphatic rings. The molecule has 1 fully saturated rings. The minimum atomic E-state index is -0.0132. The van der Waals surface area contributed by atoms with Gasteiger partial charge in [0.2, 0.25) is 5.91 Å². The van der Waals surface area contributed by atoms with Gasteiger partial charge in [0.05, 0.1) is 7.11 Å². The lowest BCUT2D eigenvalue weighted by Crippen LogP contribution is -2.43. The van der Waals surface area contributed by atoms with Gasteiger partial charge >= 0.3 is 0 Å². The van der Waals surface area contributed by atoms with Crippen molar-refractivity contribution in [2.75, 3.05) is 26.7 Å². The Morgan fingerprint density at radius 1 is 1.04 bits per heavy atom. The molecule has 142 valence electrons. The van der Waals surface area contributed by atoms with Crippen LogP contribution in [0.2, 0.25) is 0 Å². The largest absolute Gasteiger partial charge is 0.497 e. The van der Waals surface area contributed by atoms with Gasteiger partial charge in [0.25, 0.3) is 5.91 Å². The van der Waals surface area contributed by atoms with Crippen molar-refractivity contribution in [1.82, 2.24) is 10.2 Å². The lowest BCUT2D eigenvalue weighted by molar-refractivity contribution is -0.126. The molecule has 5 nitrogen and oxygen atoms in total. The summed E-state index contributed by atoms with van der Waals surface area (Å²) in [5, 5.41) is 3.03. The molecule has 0 atom stereocenters. The lowest BCUT2D eigenvalue weighted by atomic mass is 9.95. The molecule has 1 heterocycles. The van der Waals surface area contributed by atoms with Gasteiger partial charge in [-0.1, -0.05) is 30.3 Å². The summed E-state index contributed by atoms with van der Waals surface area (Å²) in [6, 6.07) is 17.3. The van der Waals surface area contributed by atoms with Gasteiger partial charge in [-0.15, -0.1) is 0 Å². The fraction of sp³-hybridized carbons (Fsp3) is 0.364. The van der Waals surface area contributed by atoms with Gasteiger partial charge in [0.15, 0.2) is 0 Å². The molecule has 0 radical (unpaired) electrons. The quantitative estimate of drug-likeness (QED) is 0.855. The van der Waals surface area contributed by atoms with E-state index in [-0.39, 0.29) is 17.7 Å². The number of nitrogens with zero attached hydrogens (tertiary/aromatic N) is 1. The van der Waals surface area contributed by atoms with Crippen LogP contribution in [-0.2, 0) is 11.2 Å². The first-order valence-corrected chi connectivity index (χ1v) is 9.42. The summed E-state index contributed by atoms with van der Waals surface area (Å²) in [6.45, 7) is 1.87. The van der Waals surface area contributed by atoms with Gasteiger partial charge in [-0.3, -0.25) is 9.59 Å². The zero-order valence-corrected chi connectivity index (χ0v) is 15.7. The lowest BCUT2D eigenvalue weighted by Gasteiger charge is -2.31. The monoisotopic (exact) mass is 366 g/mol. The molecule has 0 aliphatic carbocycles. The zero-order valence-electron chi connectivity index (χ0n) is 15.7. The van der Waals surface area contributed by atoms with Crippen molar-refractivity contribution < 1.29 is 14.3 Å². The van der Waals surface area contributed by atoms with Gasteiger partial charge in [-0.2, -0.15) is 0 Å². The number of carbonyl (C=O) groups excluding carboxylic acids is 2. The average Bonchev–Trinajstić information content (AvgIpc) is 2.74. The van der Waals surface area contributed by atoms with Crippen molar-refractivity contribution in [2.24, 2.45) is 5.92 Å². The van der Waals surface area contributed by atoms with E-state index in [0.717, 1.165) is 12.2 Å². The predicted octanol–water partition coefficient (Wildman–Crippen LogP) is 2.91. The Morgan fingerprint density at radius 2 is 1.70 bits per heavy atom. The minimum absolute atomic E-state index is 0.0132. The van der Waals surface area contributed by atoms with Crippen molar-refractivity contribution in [3.05, 3.63) is 65.7 Å². The number of carbonyl (C=O) groups is 2. The third kappa shape index (κ3) is 5.09. The summed E-state index contributed by atoms with van der Waals surface area (Å²) in [6.07, 6.45) is 2.25. The SMILES string of the molecule is COc1ccc(C(=O)N2CCC(C(=O)NCCc3ccccc3)CC2)cc1. The number of benzene rings is 2. The maximum atomic E-state index is 12.6. The van der Waals surface area contributed by atoms with Crippen molar-refractivity contribution in [2.45, 2.75) is 19.3 Å². The average molecular weight is 366 g/mol. The van der Waals surface area contributed by atoms with E-state index >= 15 is 0 Å². The molecule has 2 aromatic rings. The second-order valence-corrected chi connectivity index (χ2v) is 6.82. The van der Waals surface area contributed by atoms with Crippen LogP contribution in [0.3, 0.4) is 0 Å². The van der Waals surface area contributed by atoms with Crippen LogP contribution in [0, 0.1) is 5.92 Å². The topological polar surface area (TPSA) is 58.6 Å². The van der Waals surface area contributed by atoms with Crippen LogP contribution in [0.5, 0.6) is 5.75 Å². The summed E-state index contributed by atoms with van der Waals surface area (Å²) >= 11 is 0. The number of hydrogen-bond donors (Lipinski definition) is 1. The zero-order chi connectivity index (χ0) is 19.1. The number of methoxy groups -OCH3 is 1. The highest BCUT2D eigenvalue weighted by molar-refractivity contribution is 5.94. The number of amides is 2. The molecule has 0 saturated carbocycles. The molecule has 0 bridgehead atoms. The summed E-state index contributed by atoms with van der Waals surface area (Å²) in [7, 11) is 1.60. The summed E-state index contributed by atoms with van der Waals surface area (Å²) in [5.41, 5.74) is 1.87. The first-order valence-electron chi connectivity index (χ1n) is 9.42. The standard InChI is InChI=1S/C22H26N2O3/c1-27-20-9-7-19(8-10-20)22(26)24-15-12-18(13-16-24)21(25)23-14-11-17-5-3-2-4-6-17/h2-10,18H,11-16H2,1H3,(H,23,25). The second-order valence-electron chi connectivity index (χ2n) is 6.82. The van der Waals surface area contributed by atoms with Gasteiger partial charge in [-0.25, -0.2) is 0 Å². The van der Waals surface area contributed by atoms with Crippen LogP contribution >= 0.6 is 0 Å². The van der Waals surface area contributed by atoms with E-state index in [1.807, 2.05) is 23.1 Å². The summed E-state index contributed by atoms with van der Waals surface area (Å²) < 4.78 is 5.13. The van der Waals surface area contributed by atoms with Crippen molar-refractivity contribution in [3.63, 3.8) is 0 Å². The number of nitrogens with one attached hydrogen (secondary N) is 1. The number of likely N-dealkylation sites (tertiary alicyclic amines) is 1. The van der Waals surface area contributed by atoms with E-state index in [1.165, 1.54) is 5.56 Å². The fourth-order valence-corrected chi connectivity index (χ4v) is 3.38. The third-order valence-corrected chi connectivity index (χ3v) is 5.05. The molecule has 1 saturated heterocycles. The molecule has 0 unspecified atom stereocenters. The van der Waals surface area contributed by atoms with E-state index < -0.39 is 0 Å². The Labute approximate surface area is 160 Å². The van der Waals surface area contributed by atoms with Crippen molar-refractivity contribution in [3.8, 4) is 5.75 Å². The van der Waals surface area contributed by atoms with E-state index in [2.05, 4.69) is 17.4 Å². The maximum absolute atomic E-state index is 12.6. The van der Waals surface area contributed by atoms with Gasteiger partial charge in [0.1, 0.15) is 5.75 Å². The molecule has 0 spiro atoms. The molecule has 2 amide bonds. The Balaban J connectivity index is 1.43. The van der Waals surface area contributed by atoms with Crippen LogP contribution in [0.4, 0.5) is 0 Å². The number of hydrogen-bond acceptors (Lipinski definition) is 3. The van der Waals surface area contributed by atoms with Gasteiger partial charge in [0, 0.05) is 31.1 Å². The number of ether oxygens (including phenoxy) is 1. The van der Waals surface area contributed by atoms with Crippen molar-refractivity contribution >= 4 is 11.8 Å². The Hall–Kier alpha value is -2.82. The molecule has 1 aliphatic heterocycles. The van der Waals surface area contributed by atoms with E-state index in [4.69, 9.17) is 4.74 Å². The van der Waals surface area contributed by atoms with E-state index in [1.54, 1.807) is 31.4 Å². The van der Waals surface area contributed by atoms with Gasteiger partial charge < -0.3 is 15.0 Å². The highest BCUT2D eigenvalue weighted by atomic mass is 16.5. The molecule has 27 heavy (non-hydrogen) atoms. The molecule has 5 heteroatoms. The number of piperidine rings is 1. The first-order chi connectivity index (χ1) is 13.2. The molecule has 2 aromatic carbocycles. The van der Waals surface area contributed by atoms with Crippen LogP contribution in [-0.4, -0.2) is 43.5 Å². The van der Waals surface area contributed by atoms with Crippen LogP contribution in [0.25, 0.3) is 0 Å². The first kappa shape index (κ1) is 19.0. The Kier molecular flexibility index (Phi) is 6.47.